The van der Waals surface area contributed by atoms with Gasteiger partial charge >= 0.3 is 0 Å². The zero-order chi connectivity index (χ0) is 12.7. The number of nitrogens with zero attached hydrogens (tertiary/aromatic N) is 4. The summed E-state index contributed by atoms with van der Waals surface area (Å²) in [5, 5.41) is 0.938. The first-order valence-electron chi connectivity index (χ1n) is 5.64. The van der Waals surface area contributed by atoms with Gasteiger partial charge in [-0.1, -0.05) is 0 Å². The molecule has 0 atom stereocenters. The van der Waals surface area contributed by atoms with Crippen LogP contribution in [-0.2, 0) is 13.6 Å². The van der Waals surface area contributed by atoms with Crippen LogP contribution in [0.5, 0.6) is 0 Å². The molecule has 5 nitrogen and oxygen atoms in total. The second-order valence-electron chi connectivity index (χ2n) is 4.09. The molecule has 0 amide bonds. The van der Waals surface area contributed by atoms with Crippen molar-refractivity contribution in [2.75, 3.05) is 0 Å². The number of pyridine rings is 1. The maximum Gasteiger partial charge on any atom is 0.152 e. The van der Waals surface area contributed by atoms with Crippen LogP contribution in [0.2, 0.25) is 0 Å². The monoisotopic (exact) mass is 259 g/mol. The van der Waals surface area contributed by atoms with E-state index in [0.29, 0.717) is 6.54 Å². The summed E-state index contributed by atoms with van der Waals surface area (Å²) in [4.78, 5) is 14.2. The maximum atomic E-state index is 5.63. The molecule has 3 heterocycles. The van der Waals surface area contributed by atoms with Crippen LogP contribution in [0.4, 0.5) is 0 Å². The molecule has 3 aromatic rings. The van der Waals surface area contributed by atoms with Crippen LogP contribution in [0, 0.1) is 6.92 Å². The fraction of sp³-hybridized carbons (Fsp3) is 0.250. The van der Waals surface area contributed by atoms with E-state index in [4.69, 9.17) is 5.73 Å². The molecule has 2 N–H and O–H groups in total. The Morgan fingerprint density at radius 3 is 2.89 bits per heavy atom. The summed E-state index contributed by atoms with van der Waals surface area (Å²) in [5.74, 6) is 0.924. The van der Waals surface area contributed by atoms with Gasteiger partial charge in [0.15, 0.2) is 5.82 Å². The normalized spacial score (nSPS) is 11.3. The van der Waals surface area contributed by atoms with Crippen LogP contribution in [0.15, 0.2) is 18.5 Å². The Labute approximate surface area is 108 Å². The van der Waals surface area contributed by atoms with Gasteiger partial charge in [0.2, 0.25) is 0 Å². The van der Waals surface area contributed by atoms with E-state index in [9.17, 15) is 0 Å². The third-order valence-corrected chi connectivity index (χ3v) is 4.08. The Morgan fingerprint density at radius 2 is 2.22 bits per heavy atom. The largest absolute Gasteiger partial charge is 0.326 e. The molecule has 0 unspecified atom stereocenters. The van der Waals surface area contributed by atoms with Crippen LogP contribution in [-0.4, -0.2) is 19.5 Å². The van der Waals surface area contributed by atoms with E-state index in [1.807, 2.05) is 20.0 Å². The molecule has 0 fully saturated rings. The number of aryl methyl sites for hydroxylation is 2. The highest BCUT2D eigenvalue weighted by molar-refractivity contribution is 7.15. The van der Waals surface area contributed by atoms with Crippen LogP contribution >= 0.6 is 11.3 Å². The average molecular weight is 259 g/mol. The molecule has 6 heteroatoms. The van der Waals surface area contributed by atoms with E-state index in [-0.39, 0.29) is 0 Å². The summed E-state index contributed by atoms with van der Waals surface area (Å²) < 4.78 is 2.07. The second kappa shape index (κ2) is 4.15. The van der Waals surface area contributed by atoms with Crippen LogP contribution < -0.4 is 5.73 Å². The highest BCUT2D eigenvalue weighted by Crippen LogP contribution is 2.30. The molecular weight excluding hydrogens is 246 g/mol. The van der Waals surface area contributed by atoms with Crippen molar-refractivity contribution in [2.45, 2.75) is 13.5 Å². The molecule has 3 rings (SSSR count). The second-order valence-corrected chi connectivity index (χ2v) is 5.17. The minimum Gasteiger partial charge on any atom is -0.326 e. The predicted octanol–water partition coefficient (Wildman–Crippen LogP) is 1.86. The summed E-state index contributed by atoms with van der Waals surface area (Å²) in [6.45, 7) is 2.46. The van der Waals surface area contributed by atoms with Gasteiger partial charge in [0.1, 0.15) is 10.5 Å². The third kappa shape index (κ3) is 1.61. The van der Waals surface area contributed by atoms with Crippen molar-refractivity contribution >= 4 is 22.4 Å². The number of aromatic nitrogens is 4. The Kier molecular flexibility index (Phi) is 2.61. The molecule has 0 spiro atoms. The van der Waals surface area contributed by atoms with Crippen LogP contribution in [0.25, 0.3) is 21.7 Å². The molecule has 0 saturated heterocycles. The van der Waals surface area contributed by atoms with Crippen molar-refractivity contribution in [3.8, 4) is 10.7 Å². The van der Waals surface area contributed by atoms with Gasteiger partial charge in [0.25, 0.3) is 0 Å². The summed E-state index contributed by atoms with van der Waals surface area (Å²) in [7, 11) is 2.01. The van der Waals surface area contributed by atoms with Crippen molar-refractivity contribution < 1.29 is 0 Å². The van der Waals surface area contributed by atoms with Crippen LogP contribution in [0.3, 0.4) is 0 Å². The van der Waals surface area contributed by atoms with Gasteiger partial charge in [0, 0.05) is 19.8 Å². The highest BCUT2D eigenvalue weighted by Gasteiger charge is 2.15. The van der Waals surface area contributed by atoms with Crippen LogP contribution in [0.1, 0.15) is 10.7 Å². The molecule has 0 aliphatic carbocycles. The van der Waals surface area contributed by atoms with E-state index < -0.39 is 0 Å². The number of nitrogens with two attached hydrogens (primary N) is 1. The average Bonchev–Trinajstić information content (AvgIpc) is 2.91. The van der Waals surface area contributed by atoms with Gasteiger partial charge in [-0.05, 0) is 13.0 Å². The fourth-order valence-electron chi connectivity index (χ4n) is 2.00. The molecule has 0 radical (unpaired) electrons. The smallest absolute Gasteiger partial charge is 0.152 e. The molecule has 0 saturated carbocycles. The van der Waals surface area contributed by atoms with Gasteiger partial charge < -0.3 is 10.3 Å². The van der Waals surface area contributed by atoms with Crippen molar-refractivity contribution in [3.05, 3.63) is 29.2 Å². The number of imidazole rings is 1. The molecule has 3 aromatic heterocycles. The lowest BCUT2D eigenvalue weighted by molar-refractivity contribution is 0.958. The molecule has 0 aromatic carbocycles. The van der Waals surface area contributed by atoms with E-state index in [1.54, 1.807) is 23.7 Å². The topological polar surface area (TPSA) is 69.6 Å². The van der Waals surface area contributed by atoms with Gasteiger partial charge in [-0.25, -0.2) is 9.97 Å². The third-order valence-electron chi connectivity index (χ3n) is 2.90. The first-order valence-corrected chi connectivity index (χ1v) is 6.45. The van der Waals surface area contributed by atoms with Crippen molar-refractivity contribution in [1.82, 2.24) is 19.5 Å². The Bertz CT molecular complexity index is 712. The maximum absolute atomic E-state index is 5.63. The van der Waals surface area contributed by atoms with E-state index in [2.05, 4.69) is 19.5 Å². The highest BCUT2D eigenvalue weighted by atomic mass is 32.1. The molecule has 0 aliphatic rings. The molecular formula is C12H13N5S. The molecule has 92 valence electrons. The number of fused-ring (bicyclic) bond motifs is 1. The number of hydrogen-bond acceptors (Lipinski definition) is 5. The number of rotatable bonds is 2. The Hall–Kier alpha value is -1.79. The quantitative estimate of drug-likeness (QED) is 0.762. The summed E-state index contributed by atoms with van der Waals surface area (Å²) in [6.07, 6.45) is 3.55. The zero-order valence-corrected chi connectivity index (χ0v) is 11.0. The first kappa shape index (κ1) is 11.3. The van der Waals surface area contributed by atoms with E-state index in [1.165, 1.54) is 0 Å². The van der Waals surface area contributed by atoms with Crippen molar-refractivity contribution in [2.24, 2.45) is 12.8 Å². The lowest BCUT2D eigenvalue weighted by Crippen LogP contribution is -1.94. The standard InChI is InChI=1S/C12H13N5S/c1-7-11(18-10(5-13)15-7)12-16-8-6-14-4-3-9(8)17(12)2/h3-4,6H,5,13H2,1-2H3. The Morgan fingerprint density at radius 1 is 1.39 bits per heavy atom. The zero-order valence-electron chi connectivity index (χ0n) is 10.2. The number of thiazole rings is 1. The van der Waals surface area contributed by atoms with E-state index in [0.717, 1.165) is 32.4 Å². The fourth-order valence-corrected chi connectivity index (χ4v) is 2.97. The minimum absolute atomic E-state index is 0.469. The van der Waals surface area contributed by atoms with Gasteiger partial charge in [-0.3, -0.25) is 4.98 Å². The lowest BCUT2D eigenvalue weighted by Gasteiger charge is -1.99. The lowest BCUT2D eigenvalue weighted by atomic mass is 10.4. The van der Waals surface area contributed by atoms with Gasteiger partial charge in [-0.15, -0.1) is 11.3 Å². The first-order chi connectivity index (χ1) is 8.70. The van der Waals surface area contributed by atoms with Gasteiger partial charge in [-0.2, -0.15) is 0 Å². The minimum atomic E-state index is 0.469. The number of hydrogen-bond donors (Lipinski definition) is 1. The van der Waals surface area contributed by atoms with Gasteiger partial charge in [0.05, 0.1) is 22.3 Å². The molecule has 0 aliphatic heterocycles. The Balaban J connectivity index is 2.24. The summed E-state index contributed by atoms with van der Waals surface area (Å²) >= 11 is 1.60. The predicted molar refractivity (Wildman–Crippen MR) is 72.2 cm³/mol. The molecule has 0 bridgehead atoms. The summed E-state index contributed by atoms with van der Waals surface area (Å²) in [6, 6.07) is 1.96. The molecule has 18 heavy (non-hydrogen) atoms. The summed E-state index contributed by atoms with van der Waals surface area (Å²) in [5.41, 5.74) is 8.58. The van der Waals surface area contributed by atoms with E-state index >= 15 is 0 Å². The van der Waals surface area contributed by atoms with Crippen molar-refractivity contribution in [1.29, 1.82) is 0 Å². The van der Waals surface area contributed by atoms with Crippen molar-refractivity contribution in [3.63, 3.8) is 0 Å². The SMILES string of the molecule is Cc1nc(CN)sc1-c1nc2cnccc2n1C.